The van der Waals surface area contributed by atoms with Crippen molar-refractivity contribution < 1.29 is 14.4 Å². The lowest BCUT2D eigenvalue weighted by atomic mass is 10.1. The molecule has 0 unspecified atom stereocenters. The van der Waals surface area contributed by atoms with Crippen LogP contribution in [-0.4, -0.2) is 44.4 Å². The van der Waals surface area contributed by atoms with Crippen LogP contribution >= 0.6 is 15.9 Å². The van der Waals surface area contributed by atoms with E-state index < -0.39 is 0 Å². The molecule has 0 saturated carbocycles. The molecule has 1 aliphatic heterocycles. The minimum Gasteiger partial charge on any atom is -0.295 e. The molecule has 1 aromatic heterocycles. The maximum absolute atomic E-state index is 12.7. The van der Waals surface area contributed by atoms with Crippen LogP contribution in [-0.2, 0) is 9.59 Å². The molecule has 2 heterocycles. The molecule has 7 heteroatoms. The number of carbonyl (C=O) groups excluding carboxylic acids is 3. The highest BCUT2D eigenvalue weighted by Crippen LogP contribution is 2.28. The molecular formula is C14H14BrN3O3. The van der Waals surface area contributed by atoms with Gasteiger partial charge in [0.25, 0.3) is 0 Å². The molecule has 0 saturated heterocycles. The molecule has 2 rings (SSSR count). The number of pyridine rings is 1. The van der Waals surface area contributed by atoms with Gasteiger partial charge in [-0.3, -0.25) is 29.2 Å². The number of ketones is 1. The van der Waals surface area contributed by atoms with Crippen LogP contribution in [0.15, 0.2) is 35.9 Å². The number of halogens is 1. The second kappa shape index (κ2) is 6.17. The van der Waals surface area contributed by atoms with E-state index in [9.17, 15) is 14.4 Å². The fraction of sp³-hybridized carbons (Fsp3) is 0.286. The topological polar surface area (TPSA) is 70.6 Å². The molecule has 21 heavy (non-hydrogen) atoms. The van der Waals surface area contributed by atoms with Gasteiger partial charge in [-0.1, -0.05) is 15.9 Å². The number of hydrogen-bond acceptors (Lipinski definition) is 4. The van der Waals surface area contributed by atoms with Crippen LogP contribution < -0.4 is 0 Å². The van der Waals surface area contributed by atoms with Crippen molar-refractivity contribution in [3.8, 4) is 0 Å². The van der Waals surface area contributed by atoms with Gasteiger partial charge in [-0.05, 0) is 12.1 Å². The summed E-state index contributed by atoms with van der Waals surface area (Å²) < 4.78 is 0. The normalized spacial score (nSPS) is 14.6. The Morgan fingerprint density at radius 3 is 2.19 bits per heavy atom. The lowest BCUT2D eigenvalue weighted by molar-refractivity contribution is -0.131. The monoisotopic (exact) mass is 351 g/mol. The Kier molecular flexibility index (Phi) is 4.52. The molecule has 0 N–H and O–H groups in total. The second-order valence-corrected chi connectivity index (χ2v) is 5.09. The summed E-state index contributed by atoms with van der Waals surface area (Å²) in [5, 5.41) is 0.308. The molecule has 0 bridgehead atoms. The second-order valence-electron chi connectivity index (χ2n) is 4.53. The minimum atomic E-state index is -0.300. The molecule has 0 radical (unpaired) electrons. The average molecular weight is 352 g/mol. The van der Waals surface area contributed by atoms with Gasteiger partial charge in [0, 0.05) is 37.1 Å². The van der Waals surface area contributed by atoms with Gasteiger partial charge in [0.05, 0.1) is 5.70 Å². The molecule has 0 fully saturated rings. The highest BCUT2D eigenvalue weighted by molar-refractivity contribution is 9.09. The molecule has 0 spiro atoms. The first-order valence-corrected chi connectivity index (χ1v) is 7.39. The number of allylic oxidation sites excluding steroid dienone is 2. The Balaban J connectivity index is 2.52. The number of nitrogens with zero attached hydrogens (tertiary/aromatic N) is 3. The lowest BCUT2D eigenvalue weighted by Gasteiger charge is -2.18. The number of amides is 2. The average Bonchev–Trinajstić information content (AvgIpc) is 2.87. The van der Waals surface area contributed by atoms with Crippen molar-refractivity contribution in [3.05, 3.63) is 41.5 Å². The van der Waals surface area contributed by atoms with E-state index in [0.717, 1.165) is 0 Å². The number of hydrogen-bond donors (Lipinski definition) is 0. The SMILES string of the molecule is CC(=O)N1CN(C(C)=O)C(C(=O)c2ccncc2)=C1CBr. The Morgan fingerprint density at radius 1 is 1.14 bits per heavy atom. The summed E-state index contributed by atoms with van der Waals surface area (Å²) in [4.78, 5) is 42.8. The van der Waals surface area contributed by atoms with Gasteiger partial charge in [0.15, 0.2) is 0 Å². The molecule has 0 aromatic carbocycles. The number of rotatable bonds is 3. The molecule has 1 aromatic rings. The summed E-state index contributed by atoms with van der Waals surface area (Å²) in [5.74, 6) is -0.798. The van der Waals surface area contributed by atoms with Crippen LogP contribution in [0.5, 0.6) is 0 Å². The Bertz CT molecular complexity index is 628. The van der Waals surface area contributed by atoms with E-state index in [2.05, 4.69) is 20.9 Å². The van der Waals surface area contributed by atoms with Crippen molar-refractivity contribution in [1.82, 2.24) is 14.8 Å². The largest absolute Gasteiger partial charge is 0.295 e. The quantitative estimate of drug-likeness (QED) is 0.611. The Labute approximate surface area is 130 Å². The standard InChI is InChI=1S/C14H14BrN3O3/c1-9(19)17-8-18(10(2)20)13(12(17)7-15)14(21)11-3-5-16-6-4-11/h3-6H,7-8H2,1-2H3. The third kappa shape index (κ3) is 2.87. The third-order valence-electron chi connectivity index (χ3n) is 3.20. The van der Waals surface area contributed by atoms with Gasteiger partial charge < -0.3 is 0 Å². The Hall–Kier alpha value is -2.02. The number of alkyl halides is 1. The number of aromatic nitrogens is 1. The third-order valence-corrected chi connectivity index (χ3v) is 3.73. The first kappa shape index (κ1) is 15.4. The van der Waals surface area contributed by atoms with E-state index in [4.69, 9.17) is 0 Å². The van der Waals surface area contributed by atoms with Crippen molar-refractivity contribution in [2.75, 3.05) is 12.0 Å². The summed E-state index contributed by atoms with van der Waals surface area (Å²) in [6, 6.07) is 3.16. The van der Waals surface area contributed by atoms with Gasteiger partial charge in [0.1, 0.15) is 12.4 Å². The van der Waals surface area contributed by atoms with Gasteiger partial charge in [-0.2, -0.15) is 0 Å². The molecule has 0 aliphatic carbocycles. The molecule has 1 aliphatic rings. The van der Waals surface area contributed by atoms with Crippen molar-refractivity contribution >= 4 is 33.5 Å². The van der Waals surface area contributed by atoms with Crippen LogP contribution in [0.1, 0.15) is 24.2 Å². The van der Waals surface area contributed by atoms with Crippen LogP contribution in [0.2, 0.25) is 0 Å². The highest BCUT2D eigenvalue weighted by atomic mass is 79.9. The van der Waals surface area contributed by atoms with Crippen LogP contribution in [0.4, 0.5) is 0 Å². The summed E-state index contributed by atoms with van der Waals surface area (Å²) >= 11 is 3.29. The van der Waals surface area contributed by atoms with Crippen molar-refractivity contribution in [1.29, 1.82) is 0 Å². The van der Waals surface area contributed by atoms with E-state index in [1.165, 1.54) is 36.0 Å². The zero-order valence-electron chi connectivity index (χ0n) is 11.7. The van der Waals surface area contributed by atoms with E-state index >= 15 is 0 Å². The summed E-state index contributed by atoms with van der Waals surface area (Å²) in [6.45, 7) is 2.84. The van der Waals surface area contributed by atoms with Gasteiger partial charge in [-0.25, -0.2) is 0 Å². The zero-order valence-corrected chi connectivity index (χ0v) is 13.3. The maximum atomic E-state index is 12.7. The molecular weight excluding hydrogens is 338 g/mol. The first-order valence-electron chi connectivity index (χ1n) is 6.27. The smallest absolute Gasteiger partial charge is 0.225 e. The predicted octanol–water partition coefficient (Wildman–Crippen LogP) is 1.54. The van der Waals surface area contributed by atoms with E-state index in [1.807, 2.05) is 0 Å². The van der Waals surface area contributed by atoms with Crippen molar-refractivity contribution in [3.63, 3.8) is 0 Å². The van der Waals surface area contributed by atoms with Crippen molar-refractivity contribution in [2.24, 2.45) is 0 Å². The highest BCUT2D eigenvalue weighted by Gasteiger charge is 2.36. The van der Waals surface area contributed by atoms with Crippen LogP contribution in [0, 0.1) is 0 Å². The fourth-order valence-electron chi connectivity index (χ4n) is 2.16. The lowest BCUT2D eigenvalue weighted by Crippen LogP contribution is -2.34. The zero-order chi connectivity index (χ0) is 15.6. The van der Waals surface area contributed by atoms with Gasteiger partial charge in [0.2, 0.25) is 17.6 Å². The first-order chi connectivity index (χ1) is 9.97. The molecule has 6 nitrogen and oxygen atoms in total. The fourth-order valence-corrected chi connectivity index (χ4v) is 2.73. The van der Waals surface area contributed by atoms with Crippen LogP contribution in [0.3, 0.4) is 0 Å². The minimum absolute atomic E-state index is 0.0672. The van der Waals surface area contributed by atoms with Gasteiger partial charge >= 0.3 is 0 Å². The molecule has 2 amide bonds. The van der Waals surface area contributed by atoms with Crippen LogP contribution in [0.25, 0.3) is 0 Å². The predicted molar refractivity (Wildman–Crippen MR) is 79.3 cm³/mol. The van der Waals surface area contributed by atoms with Gasteiger partial charge in [-0.15, -0.1) is 0 Å². The Morgan fingerprint density at radius 2 is 1.71 bits per heavy atom. The summed E-state index contributed by atoms with van der Waals surface area (Å²) in [6.07, 6.45) is 3.02. The van der Waals surface area contributed by atoms with Crippen molar-refractivity contribution in [2.45, 2.75) is 13.8 Å². The molecule has 0 atom stereocenters. The maximum Gasteiger partial charge on any atom is 0.225 e. The summed E-state index contributed by atoms with van der Waals surface area (Å²) in [5.41, 5.74) is 1.16. The van der Waals surface area contributed by atoms with E-state index in [0.29, 0.717) is 16.6 Å². The molecule has 110 valence electrons. The van der Waals surface area contributed by atoms with E-state index in [1.54, 1.807) is 12.1 Å². The number of Topliss-reactive ketones (excluding diaryl/α,β-unsaturated/α-hetero) is 1. The number of carbonyl (C=O) groups is 3. The van der Waals surface area contributed by atoms with E-state index in [-0.39, 0.29) is 30.0 Å². The summed E-state index contributed by atoms with van der Waals surface area (Å²) in [7, 11) is 0.